The van der Waals surface area contributed by atoms with E-state index >= 15 is 0 Å². The molecule has 0 bridgehead atoms. The molecule has 82 valence electrons. The largest absolute Gasteiger partial charge is 0.351 e. The van der Waals surface area contributed by atoms with Gasteiger partial charge < -0.3 is 5.32 Å². The minimum Gasteiger partial charge on any atom is -0.351 e. The van der Waals surface area contributed by atoms with Crippen molar-refractivity contribution in [2.24, 2.45) is 5.92 Å². The van der Waals surface area contributed by atoms with E-state index in [0.29, 0.717) is 0 Å². The molecule has 1 fully saturated rings. The van der Waals surface area contributed by atoms with Gasteiger partial charge in [-0.1, -0.05) is 18.2 Å². The summed E-state index contributed by atoms with van der Waals surface area (Å²) in [4.78, 5) is 12.7. The summed E-state index contributed by atoms with van der Waals surface area (Å²) in [6, 6.07) is 10.1. The Balaban J connectivity index is 1.78. The van der Waals surface area contributed by atoms with Crippen molar-refractivity contribution in [3.63, 3.8) is 0 Å². The molecule has 0 unspecified atom stereocenters. The van der Waals surface area contributed by atoms with Crippen LogP contribution in [0.3, 0.4) is 0 Å². The molecular weight excluding hydrogens is 218 g/mol. The number of nitrogens with one attached hydrogen (secondary N) is 1. The summed E-state index contributed by atoms with van der Waals surface area (Å²) in [7, 11) is 0. The van der Waals surface area contributed by atoms with Crippen molar-refractivity contribution in [3.8, 4) is 0 Å². The Hall–Kier alpha value is -1.35. The highest BCUT2D eigenvalue weighted by Crippen LogP contribution is 2.28. The number of benzene rings is 1. The molecule has 0 radical (unpaired) electrons. The lowest BCUT2D eigenvalue weighted by atomic mass is 10.2. The fourth-order valence-electron chi connectivity index (χ4n) is 1.74. The van der Waals surface area contributed by atoms with Crippen LogP contribution >= 0.6 is 11.3 Å². The van der Waals surface area contributed by atoms with E-state index in [9.17, 15) is 4.79 Å². The van der Waals surface area contributed by atoms with Gasteiger partial charge in [-0.25, -0.2) is 0 Å². The second-order valence-electron chi connectivity index (χ2n) is 4.30. The molecule has 0 atom stereocenters. The van der Waals surface area contributed by atoms with Gasteiger partial charge in [-0.3, -0.25) is 4.79 Å². The number of fused-ring (bicyclic) bond motifs is 1. The molecule has 0 aliphatic heterocycles. The SMILES string of the molecule is O=C(NCC1CC1)c1cc2ccccc2s1. The lowest BCUT2D eigenvalue weighted by molar-refractivity contribution is 0.0956. The first-order valence-electron chi connectivity index (χ1n) is 5.60. The molecule has 2 aromatic rings. The van der Waals surface area contributed by atoms with E-state index < -0.39 is 0 Å². The van der Waals surface area contributed by atoms with Crippen LogP contribution in [0.15, 0.2) is 30.3 Å². The van der Waals surface area contributed by atoms with Crippen molar-refractivity contribution in [1.82, 2.24) is 5.32 Å². The van der Waals surface area contributed by atoms with Gasteiger partial charge in [0.2, 0.25) is 0 Å². The number of hydrogen-bond acceptors (Lipinski definition) is 2. The summed E-state index contributed by atoms with van der Waals surface area (Å²) >= 11 is 1.57. The van der Waals surface area contributed by atoms with Crippen LogP contribution in [-0.4, -0.2) is 12.5 Å². The van der Waals surface area contributed by atoms with E-state index in [-0.39, 0.29) is 5.91 Å². The van der Waals surface area contributed by atoms with Gasteiger partial charge in [0.1, 0.15) is 0 Å². The monoisotopic (exact) mass is 231 g/mol. The summed E-state index contributed by atoms with van der Waals surface area (Å²) in [6.07, 6.45) is 2.54. The molecule has 1 aliphatic rings. The van der Waals surface area contributed by atoms with Gasteiger partial charge in [0.05, 0.1) is 4.88 Å². The molecule has 1 N–H and O–H groups in total. The van der Waals surface area contributed by atoms with E-state index in [2.05, 4.69) is 11.4 Å². The van der Waals surface area contributed by atoms with E-state index in [0.717, 1.165) is 22.7 Å². The summed E-state index contributed by atoms with van der Waals surface area (Å²) in [5, 5.41) is 4.15. The van der Waals surface area contributed by atoms with Crippen molar-refractivity contribution < 1.29 is 4.79 Å². The molecular formula is C13H13NOS. The van der Waals surface area contributed by atoms with Gasteiger partial charge in [0.25, 0.3) is 5.91 Å². The molecule has 1 heterocycles. The molecule has 1 saturated carbocycles. The fourth-order valence-corrected chi connectivity index (χ4v) is 2.72. The zero-order valence-corrected chi connectivity index (χ0v) is 9.72. The Kier molecular flexibility index (Phi) is 2.40. The molecule has 1 aromatic heterocycles. The standard InChI is InChI=1S/C13H13NOS/c15-13(14-8-9-5-6-9)12-7-10-3-1-2-4-11(10)16-12/h1-4,7,9H,5-6,8H2,(H,14,15). The highest BCUT2D eigenvalue weighted by Gasteiger charge is 2.22. The fraction of sp³-hybridized carbons (Fsp3) is 0.308. The molecule has 1 aromatic carbocycles. The van der Waals surface area contributed by atoms with Gasteiger partial charge in [-0.2, -0.15) is 0 Å². The highest BCUT2D eigenvalue weighted by molar-refractivity contribution is 7.20. The van der Waals surface area contributed by atoms with Gasteiger partial charge in [0.15, 0.2) is 0 Å². The van der Waals surface area contributed by atoms with Crippen LogP contribution in [0, 0.1) is 5.92 Å². The number of carbonyl (C=O) groups is 1. The summed E-state index contributed by atoms with van der Waals surface area (Å²) in [6.45, 7) is 0.840. The second-order valence-corrected chi connectivity index (χ2v) is 5.39. The first-order valence-corrected chi connectivity index (χ1v) is 6.41. The van der Waals surface area contributed by atoms with Crippen molar-refractivity contribution in [3.05, 3.63) is 35.2 Å². The smallest absolute Gasteiger partial charge is 0.261 e. The van der Waals surface area contributed by atoms with Gasteiger partial charge in [-0.05, 0) is 36.3 Å². The van der Waals surface area contributed by atoms with Crippen molar-refractivity contribution in [2.75, 3.05) is 6.54 Å². The van der Waals surface area contributed by atoms with Crippen LogP contribution in [0.4, 0.5) is 0 Å². The Labute approximate surface area is 98.3 Å². The normalized spacial score (nSPS) is 15.2. The molecule has 3 heteroatoms. The van der Waals surface area contributed by atoms with Crippen LogP contribution in [0.5, 0.6) is 0 Å². The maximum atomic E-state index is 11.8. The van der Waals surface area contributed by atoms with Crippen LogP contribution in [-0.2, 0) is 0 Å². The second kappa shape index (κ2) is 3.91. The number of carbonyl (C=O) groups excluding carboxylic acids is 1. The molecule has 2 nitrogen and oxygen atoms in total. The van der Waals surface area contributed by atoms with E-state index in [1.54, 1.807) is 11.3 Å². The molecule has 1 amide bonds. The highest BCUT2D eigenvalue weighted by atomic mass is 32.1. The van der Waals surface area contributed by atoms with E-state index in [4.69, 9.17) is 0 Å². The van der Waals surface area contributed by atoms with Gasteiger partial charge >= 0.3 is 0 Å². The van der Waals surface area contributed by atoms with Crippen molar-refractivity contribution in [2.45, 2.75) is 12.8 Å². The lowest BCUT2D eigenvalue weighted by Gasteiger charge is -2.00. The summed E-state index contributed by atoms with van der Waals surface area (Å²) < 4.78 is 1.18. The summed E-state index contributed by atoms with van der Waals surface area (Å²) in [5.74, 6) is 0.812. The Morgan fingerprint density at radius 2 is 2.19 bits per heavy atom. The van der Waals surface area contributed by atoms with Crippen LogP contribution in [0.2, 0.25) is 0 Å². The number of rotatable bonds is 3. The van der Waals surface area contributed by atoms with Crippen LogP contribution < -0.4 is 5.32 Å². The van der Waals surface area contributed by atoms with Crippen molar-refractivity contribution >= 4 is 27.3 Å². The Morgan fingerprint density at radius 1 is 1.38 bits per heavy atom. The van der Waals surface area contributed by atoms with E-state index in [1.807, 2.05) is 24.3 Å². The quantitative estimate of drug-likeness (QED) is 0.864. The van der Waals surface area contributed by atoms with Crippen LogP contribution in [0.25, 0.3) is 10.1 Å². The molecule has 3 rings (SSSR count). The number of amides is 1. The zero-order chi connectivity index (χ0) is 11.0. The average Bonchev–Trinajstić information content (AvgIpc) is 3.02. The average molecular weight is 231 g/mol. The van der Waals surface area contributed by atoms with Gasteiger partial charge in [-0.15, -0.1) is 11.3 Å². The first-order chi connectivity index (χ1) is 7.83. The third kappa shape index (κ3) is 1.95. The molecule has 0 spiro atoms. The third-order valence-corrected chi connectivity index (χ3v) is 4.01. The number of hydrogen-bond donors (Lipinski definition) is 1. The summed E-state index contributed by atoms with van der Waals surface area (Å²) in [5.41, 5.74) is 0. The third-order valence-electron chi connectivity index (χ3n) is 2.90. The minimum absolute atomic E-state index is 0.0769. The maximum absolute atomic E-state index is 11.8. The lowest BCUT2D eigenvalue weighted by Crippen LogP contribution is -2.24. The predicted molar refractivity (Wildman–Crippen MR) is 66.9 cm³/mol. The zero-order valence-electron chi connectivity index (χ0n) is 8.90. The predicted octanol–water partition coefficient (Wildman–Crippen LogP) is 3.04. The first kappa shape index (κ1) is 9.85. The molecule has 1 aliphatic carbocycles. The maximum Gasteiger partial charge on any atom is 0.261 e. The number of thiophene rings is 1. The van der Waals surface area contributed by atoms with E-state index in [1.165, 1.54) is 17.5 Å². The Bertz CT molecular complexity index is 494. The molecule has 16 heavy (non-hydrogen) atoms. The van der Waals surface area contributed by atoms with Gasteiger partial charge in [0, 0.05) is 11.2 Å². The Morgan fingerprint density at radius 3 is 2.94 bits per heavy atom. The van der Waals surface area contributed by atoms with Crippen LogP contribution in [0.1, 0.15) is 22.5 Å². The minimum atomic E-state index is 0.0769. The molecule has 0 saturated heterocycles. The van der Waals surface area contributed by atoms with Crippen molar-refractivity contribution in [1.29, 1.82) is 0 Å². The topological polar surface area (TPSA) is 29.1 Å².